The summed E-state index contributed by atoms with van der Waals surface area (Å²) in [5.41, 5.74) is 0. The molecule has 0 atom stereocenters. The van der Waals surface area contributed by atoms with Gasteiger partial charge < -0.3 is 14.4 Å². The van der Waals surface area contributed by atoms with E-state index in [1.807, 2.05) is 0 Å². The highest BCUT2D eigenvalue weighted by Gasteiger charge is 2.18. The molecule has 20 heavy (non-hydrogen) atoms. The van der Waals surface area contributed by atoms with Gasteiger partial charge >= 0.3 is 0 Å². The number of nitrogens with zero attached hydrogens (tertiary/aromatic N) is 1. The molecule has 0 radical (unpaired) electrons. The minimum Gasteiger partial charge on any atom is -0.550 e. The zero-order valence-electron chi connectivity index (χ0n) is 14.7. The lowest BCUT2D eigenvalue weighted by molar-refractivity contribution is -0.910. The van der Waals surface area contributed by atoms with Gasteiger partial charge in [-0.1, -0.05) is 53.9 Å². The Morgan fingerprint density at radius 2 is 1.15 bits per heavy atom. The SMILES string of the molecule is CC(C)C(=O)[O-].CCCC[N+](C)(CCCC)CCCC. The van der Waals surface area contributed by atoms with Crippen LogP contribution in [-0.4, -0.2) is 37.1 Å². The summed E-state index contributed by atoms with van der Waals surface area (Å²) in [6.45, 7) is 14.2. The predicted molar refractivity (Wildman–Crippen MR) is 85.4 cm³/mol. The van der Waals surface area contributed by atoms with Crippen molar-refractivity contribution >= 4 is 5.97 Å². The maximum atomic E-state index is 9.59. The molecular weight excluding hydrogens is 250 g/mol. The lowest BCUT2D eigenvalue weighted by Gasteiger charge is -2.34. The van der Waals surface area contributed by atoms with Gasteiger partial charge in [-0.25, -0.2) is 0 Å². The van der Waals surface area contributed by atoms with Crippen LogP contribution >= 0.6 is 0 Å². The van der Waals surface area contributed by atoms with Crippen molar-refractivity contribution < 1.29 is 14.4 Å². The van der Waals surface area contributed by atoms with E-state index in [1.165, 1.54) is 62.6 Å². The maximum absolute atomic E-state index is 9.59. The van der Waals surface area contributed by atoms with Gasteiger partial charge in [-0.05, 0) is 25.2 Å². The molecule has 3 heteroatoms. The average molecular weight is 287 g/mol. The van der Waals surface area contributed by atoms with E-state index in [2.05, 4.69) is 27.8 Å². The van der Waals surface area contributed by atoms with Gasteiger partial charge in [0.05, 0.1) is 26.7 Å². The molecular formula is C17H37NO2. The number of rotatable bonds is 10. The Kier molecular flexibility index (Phi) is 14.6. The maximum Gasteiger partial charge on any atom is 0.0784 e. The summed E-state index contributed by atoms with van der Waals surface area (Å²) >= 11 is 0. The van der Waals surface area contributed by atoms with Crippen molar-refractivity contribution in [2.45, 2.75) is 73.1 Å². The number of carboxylic acid groups (broad SMARTS) is 1. The number of hydrogen-bond donors (Lipinski definition) is 0. The Morgan fingerprint density at radius 3 is 1.30 bits per heavy atom. The summed E-state index contributed by atoms with van der Waals surface area (Å²) in [6.07, 6.45) is 8.20. The number of carbonyl (C=O) groups excluding carboxylic acids is 1. The lowest BCUT2D eigenvalue weighted by Crippen LogP contribution is -2.46. The molecule has 0 fully saturated rings. The van der Waals surface area contributed by atoms with Gasteiger partial charge in [0.1, 0.15) is 0 Å². The van der Waals surface area contributed by atoms with Gasteiger partial charge in [0.25, 0.3) is 0 Å². The van der Waals surface area contributed by atoms with Crippen molar-refractivity contribution in [1.82, 2.24) is 0 Å². The topological polar surface area (TPSA) is 40.1 Å². The third-order valence-electron chi connectivity index (χ3n) is 3.63. The highest BCUT2D eigenvalue weighted by molar-refractivity contribution is 5.66. The second kappa shape index (κ2) is 13.4. The van der Waals surface area contributed by atoms with Crippen LogP contribution in [0.5, 0.6) is 0 Å². The van der Waals surface area contributed by atoms with Crippen molar-refractivity contribution in [3.63, 3.8) is 0 Å². The standard InChI is InChI=1S/C13H30N.C4H8O2/c1-5-8-11-14(4,12-9-6-2)13-10-7-3;1-3(2)4(5)6/h5-13H2,1-4H3;3H,1-2H3,(H,5,6)/q+1;/p-1. The number of unbranched alkanes of at least 4 members (excludes halogenated alkanes) is 3. The van der Waals surface area contributed by atoms with Crippen LogP contribution in [0.15, 0.2) is 0 Å². The first-order valence-electron chi connectivity index (χ1n) is 8.37. The van der Waals surface area contributed by atoms with E-state index in [0.717, 1.165) is 0 Å². The van der Waals surface area contributed by atoms with Crippen LogP contribution in [0, 0.1) is 5.92 Å². The first-order chi connectivity index (χ1) is 9.32. The summed E-state index contributed by atoms with van der Waals surface area (Å²) in [7, 11) is 2.45. The molecule has 0 N–H and O–H groups in total. The molecule has 3 nitrogen and oxygen atoms in total. The Hall–Kier alpha value is -0.570. The zero-order chi connectivity index (χ0) is 16.0. The lowest BCUT2D eigenvalue weighted by atomic mass is 10.2. The van der Waals surface area contributed by atoms with E-state index >= 15 is 0 Å². The molecule has 0 aromatic carbocycles. The summed E-state index contributed by atoms with van der Waals surface area (Å²) in [6, 6.07) is 0. The number of quaternary nitrogens is 1. The average Bonchev–Trinajstić information content (AvgIpc) is 2.41. The molecule has 0 aliphatic carbocycles. The quantitative estimate of drug-likeness (QED) is 0.579. The van der Waals surface area contributed by atoms with Crippen LogP contribution in [0.2, 0.25) is 0 Å². The van der Waals surface area contributed by atoms with Gasteiger partial charge in [-0.15, -0.1) is 0 Å². The van der Waals surface area contributed by atoms with Crippen molar-refractivity contribution in [3.05, 3.63) is 0 Å². The fourth-order valence-electron chi connectivity index (χ4n) is 1.95. The van der Waals surface area contributed by atoms with Gasteiger partial charge in [0, 0.05) is 5.97 Å². The summed E-state index contributed by atoms with van der Waals surface area (Å²) in [4.78, 5) is 9.59. The summed E-state index contributed by atoms with van der Waals surface area (Å²) in [5, 5.41) is 9.59. The van der Waals surface area contributed by atoms with Crippen molar-refractivity contribution in [3.8, 4) is 0 Å². The highest BCUT2D eigenvalue weighted by atomic mass is 16.4. The summed E-state index contributed by atoms with van der Waals surface area (Å²) < 4.78 is 1.32. The molecule has 0 saturated carbocycles. The van der Waals surface area contributed by atoms with Crippen molar-refractivity contribution in [2.75, 3.05) is 26.7 Å². The Morgan fingerprint density at radius 1 is 0.900 bits per heavy atom. The second-order valence-corrected chi connectivity index (χ2v) is 6.32. The number of carbonyl (C=O) groups is 1. The van der Waals surface area contributed by atoms with Gasteiger partial charge in [-0.3, -0.25) is 0 Å². The largest absolute Gasteiger partial charge is 0.550 e. The van der Waals surface area contributed by atoms with Crippen LogP contribution in [-0.2, 0) is 4.79 Å². The van der Waals surface area contributed by atoms with Gasteiger partial charge in [-0.2, -0.15) is 0 Å². The molecule has 0 spiro atoms. The first kappa shape index (κ1) is 21.7. The molecule has 0 amide bonds. The molecule has 0 unspecified atom stereocenters. The predicted octanol–water partition coefficient (Wildman–Crippen LogP) is 3.23. The highest BCUT2D eigenvalue weighted by Crippen LogP contribution is 2.10. The number of aliphatic carboxylic acids is 1. The van der Waals surface area contributed by atoms with Gasteiger partial charge in [0.15, 0.2) is 0 Å². The van der Waals surface area contributed by atoms with E-state index in [4.69, 9.17) is 0 Å². The minimum absolute atomic E-state index is 0.343. The molecule has 0 heterocycles. The van der Waals surface area contributed by atoms with Crippen LogP contribution < -0.4 is 5.11 Å². The van der Waals surface area contributed by atoms with Crippen LogP contribution in [0.25, 0.3) is 0 Å². The normalized spacial score (nSPS) is 11.2. The zero-order valence-corrected chi connectivity index (χ0v) is 14.7. The second-order valence-electron chi connectivity index (χ2n) is 6.32. The van der Waals surface area contributed by atoms with E-state index in [0.29, 0.717) is 0 Å². The molecule has 0 aliphatic rings. The molecule has 0 saturated heterocycles. The smallest absolute Gasteiger partial charge is 0.0784 e. The minimum atomic E-state index is -0.991. The van der Waals surface area contributed by atoms with Crippen LogP contribution in [0.3, 0.4) is 0 Å². The number of carboxylic acids is 1. The molecule has 0 aromatic heterocycles. The van der Waals surface area contributed by atoms with Gasteiger partial charge in [0.2, 0.25) is 0 Å². The third-order valence-corrected chi connectivity index (χ3v) is 3.63. The van der Waals surface area contributed by atoms with E-state index in [1.54, 1.807) is 13.8 Å². The molecule has 0 rings (SSSR count). The van der Waals surface area contributed by atoms with Crippen LogP contribution in [0.1, 0.15) is 73.1 Å². The monoisotopic (exact) mass is 287 g/mol. The third kappa shape index (κ3) is 13.9. The first-order valence-corrected chi connectivity index (χ1v) is 8.37. The van der Waals surface area contributed by atoms with E-state index in [-0.39, 0.29) is 5.92 Å². The Bertz CT molecular complexity index is 205. The fraction of sp³-hybridized carbons (Fsp3) is 0.941. The number of hydrogen-bond acceptors (Lipinski definition) is 2. The van der Waals surface area contributed by atoms with E-state index in [9.17, 15) is 9.90 Å². The van der Waals surface area contributed by atoms with Crippen molar-refractivity contribution in [2.24, 2.45) is 5.92 Å². The Labute approximate surface area is 127 Å². The molecule has 0 aromatic rings. The van der Waals surface area contributed by atoms with Crippen molar-refractivity contribution in [1.29, 1.82) is 0 Å². The Balaban J connectivity index is 0. The summed E-state index contributed by atoms with van der Waals surface area (Å²) in [5.74, 6) is -1.33. The molecule has 0 aliphatic heterocycles. The molecule has 122 valence electrons. The molecule has 0 bridgehead atoms. The van der Waals surface area contributed by atoms with Crippen LogP contribution in [0.4, 0.5) is 0 Å². The fourth-order valence-corrected chi connectivity index (χ4v) is 1.95. The van der Waals surface area contributed by atoms with E-state index < -0.39 is 5.97 Å².